The summed E-state index contributed by atoms with van der Waals surface area (Å²) >= 11 is 0. The summed E-state index contributed by atoms with van der Waals surface area (Å²) in [6, 6.07) is 2.53. The lowest BCUT2D eigenvalue weighted by Crippen LogP contribution is -2.07. The van der Waals surface area contributed by atoms with Crippen LogP contribution in [0, 0.1) is 5.82 Å². The lowest BCUT2D eigenvalue weighted by Gasteiger charge is -1.98. The van der Waals surface area contributed by atoms with Crippen LogP contribution in [0.5, 0.6) is 0 Å². The fourth-order valence-electron chi connectivity index (χ4n) is 1.16. The van der Waals surface area contributed by atoms with Crippen LogP contribution in [0.4, 0.5) is 10.1 Å². The number of aromatic nitrogens is 2. The van der Waals surface area contributed by atoms with Crippen LogP contribution in [0.15, 0.2) is 23.3 Å². The van der Waals surface area contributed by atoms with Crippen molar-refractivity contribution >= 4 is 16.6 Å². The molecule has 0 aliphatic carbocycles. The van der Waals surface area contributed by atoms with E-state index in [1.54, 1.807) is 0 Å². The van der Waals surface area contributed by atoms with E-state index < -0.39 is 11.4 Å². The zero-order chi connectivity index (χ0) is 9.42. The molecule has 4 nitrogen and oxygen atoms in total. The second-order valence-electron chi connectivity index (χ2n) is 2.63. The van der Waals surface area contributed by atoms with Crippen molar-refractivity contribution in [1.82, 2.24) is 9.97 Å². The van der Waals surface area contributed by atoms with Crippen molar-refractivity contribution in [2.24, 2.45) is 0 Å². The number of nitrogens with one attached hydrogen (secondary N) is 1. The quantitative estimate of drug-likeness (QED) is 0.583. The number of fused-ring (bicyclic) bond motifs is 1. The summed E-state index contributed by atoms with van der Waals surface area (Å²) in [5.41, 5.74) is 5.23. The topological polar surface area (TPSA) is 71.8 Å². The van der Waals surface area contributed by atoms with Gasteiger partial charge in [0.05, 0.1) is 11.7 Å². The maximum Gasteiger partial charge on any atom is 0.258 e. The molecule has 66 valence electrons. The van der Waals surface area contributed by atoms with Gasteiger partial charge in [-0.25, -0.2) is 9.37 Å². The Morgan fingerprint density at radius 1 is 1.46 bits per heavy atom. The Morgan fingerprint density at radius 3 is 3.00 bits per heavy atom. The van der Waals surface area contributed by atoms with Gasteiger partial charge in [0, 0.05) is 5.69 Å². The maximum atomic E-state index is 13.1. The van der Waals surface area contributed by atoms with Gasteiger partial charge < -0.3 is 10.7 Å². The van der Waals surface area contributed by atoms with E-state index >= 15 is 0 Å². The Morgan fingerprint density at radius 2 is 2.23 bits per heavy atom. The Balaban J connectivity index is 3.03. The number of halogens is 1. The summed E-state index contributed by atoms with van der Waals surface area (Å²) in [5, 5.41) is 0.167. The highest BCUT2D eigenvalue weighted by Crippen LogP contribution is 2.15. The summed E-state index contributed by atoms with van der Waals surface area (Å²) in [5.74, 6) is -0.582. The monoisotopic (exact) mass is 179 g/mol. The lowest BCUT2D eigenvalue weighted by atomic mass is 10.2. The molecule has 1 aromatic heterocycles. The summed E-state index contributed by atoms with van der Waals surface area (Å²) < 4.78 is 13.1. The fraction of sp³-hybridized carbons (Fsp3) is 0. The first-order chi connectivity index (χ1) is 6.18. The third kappa shape index (κ3) is 1.14. The van der Waals surface area contributed by atoms with Gasteiger partial charge in [0.1, 0.15) is 5.52 Å². The summed E-state index contributed by atoms with van der Waals surface area (Å²) in [7, 11) is 0. The van der Waals surface area contributed by atoms with E-state index in [1.165, 1.54) is 6.07 Å². The van der Waals surface area contributed by atoms with E-state index in [4.69, 9.17) is 5.73 Å². The number of nitrogens with two attached hydrogens (primary N) is 1. The molecule has 0 aliphatic rings. The number of aromatic amines is 1. The number of nitrogens with zero attached hydrogens (tertiary/aromatic N) is 1. The molecule has 2 aromatic rings. The molecule has 2 rings (SSSR count). The Labute approximate surface area is 72.2 Å². The van der Waals surface area contributed by atoms with Crippen LogP contribution in [-0.4, -0.2) is 9.97 Å². The minimum absolute atomic E-state index is 0.0398. The first-order valence-corrected chi connectivity index (χ1v) is 3.61. The van der Waals surface area contributed by atoms with Crippen LogP contribution >= 0.6 is 0 Å². The fourth-order valence-corrected chi connectivity index (χ4v) is 1.16. The average Bonchev–Trinajstić information content (AvgIpc) is 2.07. The number of hydrogen-bond donors (Lipinski definition) is 2. The largest absolute Gasteiger partial charge is 0.399 e. The van der Waals surface area contributed by atoms with Crippen molar-refractivity contribution in [2.75, 3.05) is 5.73 Å². The van der Waals surface area contributed by atoms with Gasteiger partial charge in [-0.3, -0.25) is 4.79 Å². The zero-order valence-electron chi connectivity index (χ0n) is 6.54. The van der Waals surface area contributed by atoms with Gasteiger partial charge in [0.2, 0.25) is 0 Å². The van der Waals surface area contributed by atoms with Crippen LogP contribution in [0.25, 0.3) is 10.9 Å². The normalized spacial score (nSPS) is 10.5. The standard InChI is InChI=1S/C8H6FN3O/c9-6-2-4(10)1-5-7(6)11-3-12-8(5)13/h1-3H,10H2,(H,11,12,13). The number of anilines is 1. The smallest absolute Gasteiger partial charge is 0.258 e. The van der Waals surface area contributed by atoms with E-state index in [0.717, 1.165) is 12.4 Å². The Kier molecular flexibility index (Phi) is 1.51. The van der Waals surface area contributed by atoms with E-state index in [0.29, 0.717) is 0 Å². The number of nitrogen functional groups attached to an aromatic ring is 1. The van der Waals surface area contributed by atoms with Crippen LogP contribution in [0.2, 0.25) is 0 Å². The van der Waals surface area contributed by atoms with Gasteiger partial charge >= 0.3 is 0 Å². The molecular formula is C8H6FN3O. The molecule has 0 amide bonds. The third-order valence-electron chi connectivity index (χ3n) is 1.72. The molecule has 3 N–H and O–H groups in total. The minimum atomic E-state index is -0.582. The van der Waals surface area contributed by atoms with Crippen LogP contribution < -0.4 is 11.3 Å². The molecular weight excluding hydrogens is 173 g/mol. The molecule has 5 heteroatoms. The van der Waals surface area contributed by atoms with Crippen LogP contribution in [0.3, 0.4) is 0 Å². The molecule has 1 heterocycles. The highest BCUT2D eigenvalue weighted by molar-refractivity contribution is 5.81. The molecule has 0 saturated carbocycles. The first-order valence-electron chi connectivity index (χ1n) is 3.61. The zero-order valence-corrected chi connectivity index (χ0v) is 6.54. The SMILES string of the molecule is Nc1cc(F)c2nc[nH]c(=O)c2c1. The van der Waals surface area contributed by atoms with Gasteiger partial charge in [-0.15, -0.1) is 0 Å². The Bertz CT molecular complexity index is 520. The van der Waals surface area contributed by atoms with E-state index in [-0.39, 0.29) is 16.6 Å². The Hall–Kier alpha value is -1.91. The molecule has 0 atom stereocenters. The maximum absolute atomic E-state index is 13.1. The van der Waals surface area contributed by atoms with E-state index in [9.17, 15) is 9.18 Å². The number of benzene rings is 1. The van der Waals surface area contributed by atoms with Gasteiger partial charge in [-0.05, 0) is 12.1 Å². The summed E-state index contributed by atoms with van der Waals surface area (Å²) in [6.45, 7) is 0. The van der Waals surface area contributed by atoms with Crippen LogP contribution in [0.1, 0.15) is 0 Å². The summed E-state index contributed by atoms with van der Waals surface area (Å²) in [6.07, 6.45) is 1.16. The van der Waals surface area contributed by atoms with E-state index in [1.807, 2.05) is 0 Å². The van der Waals surface area contributed by atoms with Gasteiger partial charge in [0.15, 0.2) is 5.82 Å². The highest BCUT2D eigenvalue weighted by atomic mass is 19.1. The van der Waals surface area contributed by atoms with Crippen molar-refractivity contribution < 1.29 is 4.39 Å². The highest BCUT2D eigenvalue weighted by Gasteiger charge is 2.05. The van der Waals surface area contributed by atoms with Crippen molar-refractivity contribution in [3.63, 3.8) is 0 Å². The molecule has 0 unspecified atom stereocenters. The predicted molar refractivity (Wildman–Crippen MR) is 46.7 cm³/mol. The van der Waals surface area contributed by atoms with Gasteiger partial charge in [-0.1, -0.05) is 0 Å². The number of rotatable bonds is 0. The van der Waals surface area contributed by atoms with Gasteiger partial charge in [0.25, 0.3) is 5.56 Å². The van der Waals surface area contributed by atoms with Crippen molar-refractivity contribution in [2.45, 2.75) is 0 Å². The molecule has 1 aromatic carbocycles. The second-order valence-corrected chi connectivity index (χ2v) is 2.63. The lowest BCUT2D eigenvalue weighted by molar-refractivity contribution is 0.637. The first kappa shape index (κ1) is 7.72. The minimum Gasteiger partial charge on any atom is -0.399 e. The van der Waals surface area contributed by atoms with Crippen LogP contribution in [-0.2, 0) is 0 Å². The van der Waals surface area contributed by atoms with Gasteiger partial charge in [-0.2, -0.15) is 0 Å². The molecule has 0 radical (unpaired) electrons. The molecule has 0 aliphatic heterocycles. The van der Waals surface area contributed by atoms with Crippen molar-refractivity contribution in [1.29, 1.82) is 0 Å². The number of H-pyrrole nitrogens is 1. The molecule has 0 fully saturated rings. The molecule has 0 saturated heterocycles. The number of hydrogen-bond acceptors (Lipinski definition) is 3. The third-order valence-corrected chi connectivity index (χ3v) is 1.72. The predicted octanol–water partition coefficient (Wildman–Crippen LogP) is 0.644. The summed E-state index contributed by atoms with van der Waals surface area (Å²) in [4.78, 5) is 17.2. The van der Waals surface area contributed by atoms with Crippen molar-refractivity contribution in [3.05, 3.63) is 34.6 Å². The molecule has 13 heavy (non-hydrogen) atoms. The average molecular weight is 179 g/mol. The van der Waals surface area contributed by atoms with Crippen molar-refractivity contribution in [3.8, 4) is 0 Å². The molecule has 0 spiro atoms. The van der Waals surface area contributed by atoms with E-state index in [2.05, 4.69) is 9.97 Å². The molecule has 0 bridgehead atoms. The second kappa shape index (κ2) is 2.55.